The molecule has 3 aromatic rings. The average molecular weight is 339 g/mol. The fourth-order valence-electron chi connectivity index (χ4n) is 2.98. The third-order valence-corrected chi connectivity index (χ3v) is 4.68. The molecular formula is C18H17N3O2S. The van der Waals surface area contributed by atoms with E-state index in [0.717, 1.165) is 28.8 Å². The molecule has 0 atom stereocenters. The molecule has 0 N–H and O–H groups in total. The van der Waals surface area contributed by atoms with Crippen LogP contribution < -0.4 is 0 Å². The number of rotatable bonds is 4. The molecule has 3 rings (SSSR count). The summed E-state index contributed by atoms with van der Waals surface area (Å²) < 4.78 is 24.6. The minimum atomic E-state index is -2.58. The van der Waals surface area contributed by atoms with Gasteiger partial charge in [-0.25, -0.2) is 12.9 Å². The molecule has 0 fully saturated rings. The summed E-state index contributed by atoms with van der Waals surface area (Å²) in [5.74, 6) is -0.0661. The molecule has 0 amide bonds. The molecule has 0 bridgehead atoms. The van der Waals surface area contributed by atoms with Gasteiger partial charge in [0.1, 0.15) is 10.7 Å². The van der Waals surface area contributed by atoms with Crippen LogP contribution in [0.25, 0.3) is 16.6 Å². The van der Waals surface area contributed by atoms with E-state index in [4.69, 9.17) is 5.26 Å². The molecule has 0 spiro atoms. The lowest BCUT2D eigenvalue weighted by atomic mass is 9.98. The van der Waals surface area contributed by atoms with Gasteiger partial charge in [-0.3, -0.25) is 0 Å². The molecule has 0 saturated heterocycles. The molecule has 0 aliphatic heterocycles. The highest BCUT2D eigenvalue weighted by molar-refractivity contribution is 7.71. The van der Waals surface area contributed by atoms with E-state index in [9.17, 15) is 8.42 Å². The molecule has 0 aliphatic rings. The molecule has 24 heavy (non-hydrogen) atoms. The minimum Gasteiger partial charge on any atom is -0.237 e. The molecule has 2 aromatic heterocycles. The lowest BCUT2D eigenvalue weighted by molar-refractivity contribution is 0.613. The van der Waals surface area contributed by atoms with Gasteiger partial charge in [-0.1, -0.05) is 19.1 Å². The molecular weight excluding hydrogens is 322 g/mol. The first-order chi connectivity index (χ1) is 11.5. The Morgan fingerprint density at radius 2 is 2.04 bits per heavy atom. The summed E-state index contributed by atoms with van der Waals surface area (Å²) in [6.07, 6.45) is 0.827. The van der Waals surface area contributed by atoms with E-state index in [-0.39, 0.29) is 5.75 Å². The molecule has 0 radical (unpaired) electrons. The Labute approximate surface area is 142 Å². The van der Waals surface area contributed by atoms with Crippen molar-refractivity contribution in [1.82, 2.24) is 9.61 Å². The van der Waals surface area contributed by atoms with Crippen LogP contribution in [0, 0.1) is 18.3 Å². The van der Waals surface area contributed by atoms with Crippen LogP contribution in [0.4, 0.5) is 0 Å². The number of fused-ring (bicyclic) bond motifs is 1. The fourth-order valence-corrected chi connectivity index (χ4v) is 3.63. The van der Waals surface area contributed by atoms with Gasteiger partial charge in [0, 0.05) is 11.3 Å². The normalized spacial score (nSPS) is 11.1. The van der Waals surface area contributed by atoms with Crippen molar-refractivity contribution in [2.24, 2.45) is 0 Å². The van der Waals surface area contributed by atoms with E-state index < -0.39 is 10.7 Å². The van der Waals surface area contributed by atoms with Gasteiger partial charge >= 0.3 is 0 Å². The SMILES string of the molecule is CCc1ccc2c(-c3cccc(C#N)c3)c(C[SH](=O)=O)c(C)nn12. The number of nitriles is 1. The van der Waals surface area contributed by atoms with Gasteiger partial charge in [0.2, 0.25) is 0 Å². The third-order valence-electron chi connectivity index (χ3n) is 4.11. The lowest BCUT2D eigenvalue weighted by Crippen LogP contribution is -2.06. The van der Waals surface area contributed by atoms with Gasteiger partial charge < -0.3 is 0 Å². The van der Waals surface area contributed by atoms with Crippen molar-refractivity contribution in [2.75, 3.05) is 0 Å². The predicted octanol–water partition coefficient (Wildman–Crippen LogP) is 2.86. The van der Waals surface area contributed by atoms with Crippen molar-refractivity contribution in [3.63, 3.8) is 0 Å². The molecule has 5 nitrogen and oxygen atoms in total. The van der Waals surface area contributed by atoms with Gasteiger partial charge in [-0.15, -0.1) is 0 Å². The number of hydrogen-bond donors (Lipinski definition) is 1. The molecule has 0 saturated carbocycles. The van der Waals surface area contributed by atoms with Crippen LogP contribution in [0.15, 0.2) is 36.4 Å². The van der Waals surface area contributed by atoms with E-state index in [1.165, 1.54) is 0 Å². The predicted molar refractivity (Wildman–Crippen MR) is 93.5 cm³/mol. The fraction of sp³-hybridized carbons (Fsp3) is 0.222. The second-order valence-corrected chi connectivity index (χ2v) is 6.58. The number of aryl methyl sites for hydroxylation is 2. The maximum absolute atomic E-state index is 11.4. The Kier molecular flexibility index (Phi) is 4.36. The second-order valence-electron chi connectivity index (χ2n) is 5.60. The molecule has 1 aromatic carbocycles. The molecule has 0 aliphatic carbocycles. The Morgan fingerprint density at radius 3 is 2.71 bits per heavy atom. The first kappa shape index (κ1) is 16.2. The Morgan fingerprint density at radius 1 is 1.25 bits per heavy atom. The van der Waals surface area contributed by atoms with E-state index >= 15 is 0 Å². The molecule has 122 valence electrons. The van der Waals surface area contributed by atoms with E-state index in [2.05, 4.69) is 18.1 Å². The highest BCUT2D eigenvalue weighted by atomic mass is 32.2. The maximum atomic E-state index is 11.4. The first-order valence-corrected chi connectivity index (χ1v) is 9.03. The minimum absolute atomic E-state index is 0.0661. The Hall–Kier alpha value is -2.65. The maximum Gasteiger partial charge on any atom is 0.144 e. The molecule has 6 heteroatoms. The summed E-state index contributed by atoms with van der Waals surface area (Å²) in [5.41, 5.74) is 5.50. The standard InChI is InChI=1S/C18H17N3O2S/c1-3-15-7-8-17-18(14-6-4-5-13(9-14)10-19)16(11-24(22)23)12(2)20-21(15)17/h4-9,24H,3,11H2,1-2H3. The number of nitrogens with zero attached hydrogens (tertiary/aromatic N) is 3. The van der Waals surface area contributed by atoms with Crippen molar-refractivity contribution < 1.29 is 8.42 Å². The van der Waals surface area contributed by atoms with E-state index in [1.807, 2.05) is 35.7 Å². The number of hydrogen-bond acceptors (Lipinski definition) is 4. The Balaban J connectivity index is 2.41. The third kappa shape index (κ3) is 2.79. The first-order valence-electron chi connectivity index (χ1n) is 7.67. The van der Waals surface area contributed by atoms with Crippen molar-refractivity contribution in [3.05, 3.63) is 58.9 Å². The zero-order valence-corrected chi connectivity index (χ0v) is 14.4. The Bertz CT molecular complexity index is 1030. The smallest absolute Gasteiger partial charge is 0.144 e. The van der Waals surface area contributed by atoms with Crippen LogP contribution in [0.1, 0.15) is 29.4 Å². The van der Waals surface area contributed by atoms with Gasteiger partial charge in [-0.05, 0) is 48.7 Å². The summed E-state index contributed by atoms with van der Waals surface area (Å²) >= 11 is 0. The lowest BCUT2D eigenvalue weighted by Gasteiger charge is -2.14. The van der Waals surface area contributed by atoms with Crippen LogP contribution in [-0.4, -0.2) is 18.0 Å². The van der Waals surface area contributed by atoms with Gasteiger partial charge in [-0.2, -0.15) is 10.4 Å². The van der Waals surface area contributed by atoms with Gasteiger partial charge in [0.15, 0.2) is 0 Å². The number of aromatic nitrogens is 2. The van der Waals surface area contributed by atoms with Crippen LogP contribution in [0.2, 0.25) is 0 Å². The van der Waals surface area contributed by atoms with Gasteiger partial charge in [0.25, 0.3) is 0 Å². The van der Waals surface area contributed by atoms with Crippen molar-refractivity contribution in [2.45, 2.75) is 26.0 Å². The van der Waals surface area contributed by atoms with Crippen molar-refractivity contribution in [1.29, 1.82) is 5.26 Å². The average Bonchev–Trinajstić information content (AvgIpc) is 2.97. The highest BCUT2D eigenvalue weighted by Crippen LogP contribution is 2.32. The monoisotopic (exact) mass is 339 g/mol. The summed E-state index contributed by atoms with van der Waals surface area (Å²) in [7, 11) is -2.58. The quantitative estimate of drug-likeness (QED) is 0.742. The van der Waals surface area contributed by atoms with Crippen molar-refractivity contribution >= 4 is 16.2 Å². The van der Waals surface area contributed by atoms with Crippen LogP contribution in [0.3, 0.4) is 0 Å². The second kappa shape index (κ2) is 6.46. The van der Waals surface area contributed by atoms with E-state index in [0.29, 0.717) is 16.8 Å². The summed E-state index contributed by atoms with van der Waals surface area (Å²) in [4.78, 5) is 0. The van der Waals surface area contributed by atoms with Crippen LogP contribution in [0.5, 0.6) is 0 Å². The number of benzene rings is 1. The zero-order chi connectivity index (χ0) is 17.3. The van der Waals surface area contributed by atoms with Gasteiger partial charge in [0.05, 0.1) is 28.6 Å². The zero-order valence-electron chi connectivity index (χ0n) is 13.5. The largest absolute Gasteiger partial charge is 0.237 e. The highest BCUT2D eigenvalue weighted by Gasteiger charge is 2.17. The summed E-state index contributed by atoms with van der Waals surface area (Å²) in [5, 5.41) is 13.7. The van der Waals surface area contributed by atoms with Crippen LogP contribution in [-0.2, 0) is 22.9 Å². The summed E-state index contributed by atoms with van der Waals surface area (Å²) in [6.45, 7) is 3.88. The number of thiol groups is 1. The molecule has 0 unspecified atom stereocenters. The van der Waals surface area contributed by atoms with Crippen LogP contribution >= 0.6 is 0 Å². The molecule has 2 heterocycles. The van der Waals surface area contributed by atoms with E-state index in [1.54, 1.807) is 12.1 Å². The topological polar surface area (TPSA) is 75.2 Å². The van der Waals surface area contributed by atoms with Crippen molar-refractivity contribution in [3.8, 4) is 17.2 Å². The summed E-state index contributed by atoms with van der Waals surface area (Å²) in [6, 6.07) is 13.3.